The van der Waals surface area contributed by atoms with Crippen molar-refractivity contribution >= 4 is 29.4 Å². The Balaban J connectivity index is 1.55. The molecule has 27 heavy (non-hydrogen) atoms. The Kier molecular flexibility index (Phi) is 4.47. The molecule has 0 aliphatic carbocycles. The number of pyridine rings is 1. The number of hydrogen-bond donors (Lipinski definition) is 1. The number of nitrogens with one attached hydrogen (secondary N) is 1. The van der Waals surface area contributed by atoms with E-state index >= 15 is 0 Å². The molecule has 3 heterocycles. The zero-order valence-electron chi connectivity index (χ0n) is 14.5. The minimum Gasteiger partial charge on any atom is -0.354 e. The van der Waals surface area contributed by atoms with Crippen LogP contribution in [0, 0.1) is 5.82 Å². The van der Waals surface area contributed by atoms with Crippen LogP contribution in [0.3, 0.4) is 0 Å². The smallest absolute Gasteiger partial charge is 0.325 e. The van der Waals surface area contributed by atoms with E-state index in [1.807, 2.05) is 30.3 Å². The summed E-state index contributed by atoms with van der Waals surface area (Å²) in [4.78, 5) is 32.5. The van der Waals surface area contributed by atoms with Crippen LogP contribution >= 0.6 is 11.6 Å². The maximum Gasteiger partial charge on any atom is 0.325 e. The zero-order chi connectivity index (χ0) is 19.0. The molecule has 2 aliphatic rings. The summed E-state index contributed by atoms with van der Waals surface area (Å²) in [5, 5.41) is 2.68. The first-order chi connectivity index (χ1) is 13.0. The van der Waals surface area contributed by atoms with Crippen LogP contribution in [0.4, 0.5) is 15.0 Å². The van der Waals surface area contributed by atoms with Crippen LogP contribution in [0.2, 0.25) is 5.02 Å². The Labute approximate surface area is 160 Å². The molecule has 3 amide bonds. The molecule has 0 unspecified atom stereocenters. The Morgan fingerprint density at radius 2 is 1.89 bits per heavy atom. The van der Waals surface area contributed by atoms with Gasteiger partial charge in [-0.25, -0.2) is 14.2 Å². The first-order valence-electron chi connectivity index (χ1n) is 8.72. The lowest BCUT2D eigenvalue weighted by Gasteiger charge is -2.42. The number of halogens is 2. The lowest BCUT2D eigenvalue weighted by Crippen LogP contribution is -2.56. The highest BCUT2D eigenvalue weighted by atomic mass is 35.5. The van der Waals surface area contributed by atoms with Crippen LogP contribution in [0.15, 0.2) is 42.6 Å². The topological polar surface area (TPSA) is 65.5 Å². The van der Waals surface area contributed by atoms with Crippen molar-refractivity contribution in [2.75, 3.05) is 18.0 Å². The van der Waals surface area contributed by atoms with E-state index in [4.69, 9.17) is 11.6 Å². The van der Waals surface area contributed by atoms with Gasteiger partial charge in [-0.3, -0.25) is 10.1 Å². The van der Waals surface area contributed by atoms with Crippen LogP contribution < -0.4 is 10.2 Å². The molecule has 2 aromatic rings. The SMILES string of the molecule is O=C1NC(=O)C2(CCN(c3ncc(Cl)cc3F)CC2)N1Cc1ccccc1. The molecule has 0 saturated carbocycles. The number of carbonyl (C=O) groups is 2. The van der Waals surface area contributed by atoms with E-state index in [1.165, 1.54) is 12.3 Å². The minimum atomic E-state index is -0.910. The van der Waals surface area contributed by atoms with Crippen molar-refractivity contribution in [1.29, 1.82) is 0 Å². The predicted octanol–water partition coefficient (Wildman–Crippen LogP) is 2.97. The number of anilines is 1. The summed E-state index contributed by atoms with van der Waals surface area (Å²) >= 11 is 5.77. The van der Waals surface area contributed by atoms with E-state index in [1.54, 1.807) is 9.80 Å². The fraction of sp³-hybridized carbons (Fsp3) is 0.316. The molecular weight excluding hydrogens is 371 g/mol. The van der Waals surface area contributed by atoms with Crippen LogP contribution in [-0.2, 0) is 11.3 Å². The lowest BCUT2D eigenvalue weighted by molar-refractivity contribution is -0.127. The Hall–Kier alpha value is -2.67. The van der Waals surface area contributed by atoms with Gasteiger partial charge in [0, 0.05) is 25.8 Å². The highest BCUT2D eigenvalue weighted by Crippen LogP contribution is 2.36. The number of urea groups is 1. The minimum absolute atomic E-state index is 0.216. The number of amides is 3. The van der Waals surface area contributed by atoms with Crippen LogP contribution in [0.1, 0.15) is 18.4 Å². The number of nitrogens with zero attached hydrogens (tertiary/aromatic N) is 3. The molecule has 2 fully saturated rings. The summed E-state index contributed by atoms with van der Waals surface area (Å²) in [6, 6.07) is 10.4. The third-order valence-electron chi connectivity index (χ3n) is 5.27. The molecule has 1 spiro atoms. The highest BCUT2D eigenvalue weighted by molar-refractivity contribution is 6.30. The van der Waals surface area contributed by atoms with Crippen LogP contribution in [-0.4, -0.2) is 40.5 Å². The maximum atomic E-state index is 14.2. The van der Waals surface area contributed by atoms with Crippen molar-refractivity contribution in [3.8, 4) is 0 Å². The van der Waals surface area contributed by atoms with Gasteiger partial charge in [-0.05, 0) is 24.5 Å². The van der Waals surface area contributed by atoms with E-state index in [9.17, 15) is 14.0 Å². The third kappa shape index (κ3) is 3.12. The van der Waals surface area contributed by atoms with Gasteiger partial charge in [0.1, 0.15) is 5.54 Å². The fourth-order valence-electron chi connectivity index (χ4n) is 3.81. The van der Waals surface area contributed by atoms with Crippen LogP contribution in [0.25, 0.3) is 0 Å². The predicted molar refractivity (Wildman–Crippen MR) is 98.9 cm³/mol. The highest BCUT2D eigenvalue weighted by Gasteiger charge is 2.54. The van der Waals surface area contributed by atoms with Gasteiger partial charge in [0.25, 0.3) is 5.91 Å². The summed E-state index contributed by atoms with van der Waals surface area (Å²) < 4.78 is 14.2. The second-order valence-electron chi connectivity index (χ2n) is 6.81. The molecule has 140 valence electrons. The van der Waals surface area contributed by atoms with E-state index in [-0.39, 0.29) is 22.8 Å². The van der Waals surface area contributed by atoms with E-state index in [2.05, 4.69) is 10.3 Å². The zero-order valence-corrected chi connectivity index (χ0v) is 15.2. The van der Waals surface area contributed by atoms with Gasteiger partial charge in [-0.1, -0.05) is 41.9 Å². The number of piperidine rings is 1. The average Bonchev–Trinajstić information content (AvgIpc) is 2.88. The monoisotopic (exact) mass is 388 g/mol. The third-order valence-corrected chi connectivity index (χ3v) is 5.47. The molecule has 6 nitrogen and oxygen atoms in total. The molecule has 0 atom stereocenters. The van der Waals surface area contributed by atoms with Gasteiger partial charge in [0.05, 0.1) is 5.02 Å². The number of imide groups is 1. The molecule has 0 radical (unpaired) electrons. The standard InChI is InChI=1S/C19H18ClFN4O2/c20-14-10-15(21)16(22-11-14)24-8-6-19(7-9-24)17(26)23-18(27)25(19)12-13-4-2-1-3-5-13/h1-5,10-11H,6-9,12H2,(H,23,26,27). The normalized spacial score (nSPS) is 18.9. The van der Waals surface area contributed by atoms with Gasteiger partial charge in [0.2, 0.25) is 0 Å². The van der Waals surface area contributed by atoms with Gasteiger partial charge in [-0.15, -0.1) is 0 Å². The van der Waals surface area contributed by atoms with Gasteiger partial charge < -0.3 is 9.80 Å². The summed E-state index contributed by atoms with van der Waals surface area (Å²) in [6.07, 6.45) is 2.21. The number of rotatable bonds is 3. The Bertz CT molecular complexity index is 885. The van der Waals surface area contributed by atoms with Crippen molar-refractivity contribution in [1.82, 2.24) is 15.2 Å². The number of benzene rings is 1. The molecule has 1 aromatic heterocycles. The molecule has 0 bridgehead atoms. The molecule has 2 saturated heterocycles. The van der Waals surface area contributed by atoms with Crippen molar-refractivity contribution in [3.63, 3.8) is 0 Å². The quantitative estimate of drug-likeness (QED) is 0.821. The van der Waals surface area contributed by atoms with E-state index < -0.39 is 11.4 Å². The Morgan fingerprint density at radius 1 is 1.19 bits per heavy atom. The maximum absolute atomic E-state index is 14.2. The lowest BCUT2D eigenvalue weighted by atomic mass is 9.85. The first kappa shape index (κ1) is 17.7. The fourth-order valence-corrected chi connectivity index (χ4v) is 3.96. The second kappa shape index (κ2) is 6.81. The second-order valence-corrected chi connectivity index (χ2v) is 7.25. The molecule has 8 heteroatoms. The van der Waals surface area contributed by atoms with Gasteiger partial charge >= 0.3 is 6.03 Å². The molecule has 1 aromatic carbocycles. The first-order valence-corrected chi connectivity index (χ1v) is 9.10. The van der Waals surface area contributed by atoms with Crippen molar-refractivity contribution in [2.24, 2.45) is 0 Å². The van der Waals surface area contributed by atoms with Crippen molar-refractivity contribution in [2.45, 2.75) is 24.9 Å². The number of hydrogen-bond acceptors (Lipinski definition) is 4. The van der Waals surface area contributed by atoms with Crippen molar-refractivity contribution in [3.05, 3.63) is 59.0 Å². The molecular formula is C19H18ClFN4O2. The Morgan fingerprint density at radius 3 is 2.56 bits per heavy atom. The van der Waals surface area contributed by atoms with E-state index in [0.717, 1.165) is 5.56 Å². The molecule has 1 N–H and O–H groups in total. The molecule has 4 rings (SSSR count). The average molecular weight is 389 g/mol. The van der Waals surface area contributed by atoms with E-state index in [0.29, 0.717) is 32.5 Å². The van der Waals surface area contributed by atoms with Crippen LogP contribution in [0.5, 0.6) is 0 Å². The van der Waals surface area contributed by atoms with Gasteiger partial charge in [-0.2, -0.15) is 0 Å². The summed E-state index contributed by atoms with van der Waals surface area (Å²) in [5.41, 5.74) is 0.0429. The number of aromatic nitrogens is 1. The van der Waals surface area contributed by atoms with Crippen molar-refractivity contribution < 1.29 is 14.0 Å². The number of carbonyl (C=O) groups excluding carboxylic acids is 2. The summed E-state index contributed by atoms with van der Waals surface area (Å²) in [5.74, 6) is -0.562. The summed E-state index contributed by atoms with van der Waals surface area (Å²) in [7, 11) is 0. The molecule has 2 aliphatic heterocycles. The summed E-state index contributed by atoms with van der Waals surface area (Å²) in [6.45, 7) is 1.18. The largest absolute Gasteiger partial charge is 0.354 e. The van der Waals surface area contributed by atoms with Gasteiger partial charge in [0.15, 0.2) is 11.6 Å².